The topological polar surface area (TPSA) is 0 Å². The van der Waals surface area contributed by atoms with Gasteiger partial charge in [-0.05, 0) is 34.7 Å². The second-order valence-electron chi connectivity index (χ2n) is 3.82. The van der Waals surface area contributed by atoms with Gasteiger partial charge in [-0.25, -0.2) is 0 Å². The maximum Gasteiger partial charge on any atom is 0.0421 e. The van der Waals surface area contributed by atoms with Crippen LogP contribution in [0.15, 0.2) is 66.0 Å². The number of hydrogen-bond acceptors (Lipinski definition) is 1. The lowest BCUT2D eigenvalue weighted by molar-refractivity contribution is 1.64. The van der Waals surface area contributed by atoms with Crippen LogP contribution in [0.25, 0.3) is 21.6 Å². The van der Waals surface area contributed by atoms with Gasteiger partial charge in [0, 0.05) is 10.4 Å². The van der Waals surface area contributed by atoms with Crippen molar-refractivity contribution >= 4 is 11.3 Å². The highest BCUT2D eigenvalue weighted by Crippen LogP contribution is 2.36. The Morgan fingerprint density at radius 3 is 2.41 bits per heavy atom. The van der Waals surface area contributed by atoms with Crippen molar-refractivity contribution in [3.05, 3.63) is 72.1 Å². The van der Waals surface area contributed by atoms with Crippen LogP contribution in [0.2, 0.25) is 0 Å². The zero-order valence-corrected chi connectivity index (χ0v) is 10.1. The van der Waals surface area contributed by atoms with Gasteiger partial charge in [0.25, 0.3) is 0 Å². The first kappa shape index (κ1) is 10.3. The second kappa shape index (κ2) is 4.56. The van der Waals surface area contributed by atoms with E-state index in [1.807, 2.05) is 24.3 Å². The Bertz CT molecular complexity index is 540. The molecular formula is C16H11S. The predicted octanol–water partition coefficient (Wildman–Crippen LogP) is 4.88. The maximum atomic E-state index is 3.13. The van der Waals surface area contributed by atoms with Crippen LogP contribution in [-0.2, 0) is 0 Å². The van der Waals surface area contributed by atoms with Gasteiger partial charge in [0.15, 0.2) is 0 Å². The van der Waals surface area contributed by atoms with Crippen molar-refractivity contribution in [1.82, 2.24) is 0 Å². The Labute approximate surface area is 105 Å². The molecule has 0 aliphatic heterocycles. The summed E-state index contributed by atoms with van der Waals surface area (Å²) < 4.78 is 0. The van der Waals surface area contributed by atoms with Crippen molar-refractivity contribution in [2.75, 3.05) is 0 Å². The van der Waals surface area contributed by atoms with E-state index in [9.17, 15) is 0 Å². The summed E-state index contributed by atoms with van der Waals surface area (Å²) in [6.45, 7) is 0. The van der Waals surface area contributed by atoms with Gasteiger partial charge in [-0.2, -0.15) is 0 Å². The van der Waals surface area contributed by atoms with E-state index < -0.39 is 0 Å². The van der Waals surface area contributed by atoms with E-state index >= 15 is 0 Å². The molecular weight excluding hydrogens is 224 g/mol. The Hall–Kier alpha value is -1.86. The third-order valence-electron chi connectivity index (χ3n) is 2.72. The summed E-state index contributed by atoms with van der Waals surface area (Å²) in [5, 5.41) is 2.14. The van der Waals surface area contributed by atoms with Crippen molar-refractivity contribution in [3.63, 3.8) is 0 Å². The van der Waals surface area contributed by atoms with Crippen LogP contribution in [0.1, 0.15) is 0 Å². The SMILES string of the molecule is [c]1cccc(-c2ccsc2-c2ccccc2)c1. The van der Waals surface area contributed by atoms with Crippen molar-refractivity contribution in [2.24, 2.45) is 0 Å². The van der Waals surface area contributed by atoms with E-state index in [0.717, 1.165) is 0 Å². The van der Waals surface area contributed by atoms with E-state index in [0.29, 0.717) is 0 Å². The molecule has 0 saturated heterocycles. The Morgan fingerprint density at radius 1 is 0.824 bits per heavy atom. The van der Waals surface area contributed by atoms with Crippen LogP contribution in [0.3, 0.4) is 0 Å². The first-order chi connectivity index (χ1) is 8.45. The normalized spacial score (nSPS) is 10.4. The van der Waals surface area contributed by atoms with Gasteiger partial charge in [0.2, 0.25) is 0 Å². The summed E-state index contributed by atoms with van der Waals surface area (Å²) in [6, 6.07) is 24.0. The minimum Gasteiger partial charge on any atom is -0.143 e. The number of rotatable bonds is 2. The minimum atomic E-state index is 1.23. The molecule has 1 heterocycles. The van der Waals surface area contributed by atoms with E-state index in [4.69, 9.17) is 0 Å². The molecule has 1 radical (unpaired) electrons. The highest BCUT2D eigenvalue weighted by Gasteiger charge is 2.07. The molecule has 0 fully saturated rings. The van der Waals surface area contributed by atoms with E-state index in [-0.39, 0.29) is 0 Å². The molecule has 81 valence electrons. The maximum absolute atomic E-state index is 3.13. The highest BCUT2D eigenvalue weighted by molar-refractivity contribution is 7.14. The standard InChI is InChI=1S/C16H11S/c1-3-7-13(8-4-1)15-11-12-17-16(15)14-9-5-2-6-10-14/h1-3,5-12H. The zero-order chi connectivity index (χ0) is 11.5. The Kier molecular flexibility index (Phi) is 2.76. The molecule has 3 aromatic rings. The second-order valence-corrected chi connectivity index (χ2v) is 4.74. The molecule has 0 nitrogen and oxygen atoms in total. The molecule has 0 atom stereocenters. The molecule has 3 rings (SSSR count). The summed E-state index contributed by atoms with van der Waals surface area (Å²) in [5.74, 6) is 0. The smallest absolute Gasteiger partial charge is 0.0421 e. The van der Waals surface area contributed by atoms with Crippen molar-refractivity contribution < 1.29 is 0 Å². The van der Waals surface area contributed by atoms with Gasteiger partial charge in [0.1, 0.15) is 0 Å². The van der Waals surface area contributed by atoms with Gasteiger partial charge in [0.05, 0.1) is 0 Å². The van der Waals surface area contributed by atoms with Crippen molar-refractivity contribution in [3.8, 4) is 21.6 Å². The molecule has 0 aliphatic rings. The number of hydrogen-bond donors (Lipinski definition) is 0. The quantitative estimate of drug-likeness (QED) is 0.593. The first-order valence-corrected chi connectivity index (χ1v) is 6.42. The van der Waals surface area contributed by atoms with Gasteiger partial charge in [-0.15, -0.1) is 11.3 Å². The minimum absolute atomic E-state index is 1.23. The van der Waals surface area contributed by atoms with Crippen LogP contribution in [0.4, 0.5) is 0 Å². The van der Waals surface area contributed by atoms with Gasteiger partial charge in [-0.1, -0.05) is 48.5 Å². The fraction of sp³-hybridized carbons (Fsp3) is 0. The van der Waals surface area contributed by atoms with E-state index in [1.165, 1.54) is 21.6 Å². The summed E-state index contributed by atoms with van der Waals surface area (Å²) in [5.41, 5.74) is 3.80. The summed E-state index contributed by atoms with van der Waals surface area (Å²) in [7, 11) is 0. The lowest BCUT2D eigenvalue weighted by atomic mass is 10.0. The fourth-order valence-electron chi connectivity index (χ4n) is 1.91. The largest absolute Gasteiger partial charge is 0.143 e. The monoisotopic (exact) mass is 235 g/mol. The summed E-state index contributed by atoms with van der Waals surface area (Å²) in [6.07, 6.45) is 0. The van der Waals surface area contributed by atoms with Crippen LogP contribution < -0.4 is 0 Å². The summed E-state index contributed by atoms with van der Waals surface area (Å²) >= 11 is 1.78. The lowest BCUT2D eigenvalue weighted by Gasteiger charge is -2.03. The molecule has 0 N–H and O–H groups in total. The zero-order valence-electron chi connectivity index (χ0n) is 9.26. The molecule has 17 heavy (non-hydrogen) atoms. The predicted molar refractivity (Wildman–Crippen MR) is 74.0 cm³/mol. The van der Waals surface area contributed by atoms with Gasteiger partial charge in [-0.3, -0.25) is 0 Å². The number of thiophene rings is 1. The summed E-state index contributed by atoms with van der Waals surface area (Å²) in [4.78, 5) is 1.32. The van der Waals surface area contributed by atoms with Gasteiger partial charge < -0.3 is 0 Å². The van der Waals surface area contributed by atoms with Gasteiger partial charge >= 0.3 is 0 Å². The molecule has 1 heteroatoms. The van der Waals surface area contributed by atoms with Crippen LogP contribution in [0.5, 0.6) is 0 Å². The average molecular weight is 235 g/mol. The molecule has 0 aliphatic carbocycles. The van der Waals surface area contributed by atoms with Crippen LogP contribution >= 0.6 is 11.3 Å². The molecule has 1 aromatic heterocycles. The lowest BCUT2D eigenvalue weighted by Crippen LogP contribution is -1.78. The highest BCUT2D eigenvalue weighted by atomic mass is 32.1. The molecule has 0 amide bonds. The number of benzene rings is 2. The third-order valence-corrected chi connectivity index (χ3v) is 3.68. The molecule has 0 bridgehead atoms. The molecule has 0 spiro atoms. The van der Waals surface area contributed by atoms with E-state index in [2.05, 4.69) is 47.8 Å². The Balaban J connectivity index is 2.13. The first-order valence-electron chi connectivity index (χ1n) is 5.54. The van der Waals surface area contributed by atoms with Crippen LogP contribution in [0, 0.1) is 6.07 Å². The molecule has 0 unspecified atom stereocenters. The molecule has 2 aromatic carbocycles. The molecule has 0 saturated carbocycles. The third kappa shape index (κ3) is 2.02. The van der Waals surface area contributed by atoms with E-state index in [1.54, 1.807) is 11.3 Å². The Morgan fingerprint density at radius 2 is 1.65 bits per heavy atom. The van der Waals surface area contributed by atoms with Crippen molar-refractivity contribution in [2.45, 2.75) is 0 Å². The fourth-order valence-corrected chi connectivity index (χ4v) is 2.84. The van der Waals surface area contributed by atoms with Crippen molar-refractivity contribution in [1.29, 1.82) is 0 Å². The average Bonchev–Trinajstić information content (AvgIpc) is 2.90. The van der Waals surface area contributed by atoms with Crippen LogP contribution in [-0.4, -0.2) is 0 Å².